The molecule has 0 aromatic heterocycles. The van der Waals surface area contributed by atoms with E-state index in [1.54, 1.807) is 0 Å². The molecule has 0 amide bonds. The highest BCUT2D eigenvalue weighted by Gasteiger charge is 2.39. The summed E-state index contributed by atoms with van der Waals surface area (Å²) in [5.74, 6) is 1.02. The number of nitriles is 1. The third-order valence-corrected chi connectivity index (χ3v) is 5.05. The van der Waals surface area contributed by atoms with E-state index in [-0.39, 0.29) is 0 Å². The van der Waals surface area contributed by atoms with Crippen molar-refractivity contribution in [3.8, 4) is 6.07 Å². The quantitative estimate of drug-likeness (QED) is 0.848. The van der Waals surface area contributed by atoms with Crippen LogP contribution in [-0.4, -0.2) is 31.1 Å². The first kappa shape index (κ1) is 12.0. The molecular weight excluding hydrogens is 246 g/mol. The fourth-order valence-electron chi connectivity index (χ4n) is 4.19. The van der Waals surface area contributed by atoms with Gasteiger partial charge in [0, 0.05) is 43.1 Å². The van der Waals surface area contributed by atoms with Crippen LogP contribution in [0.5, 0.6) is 0 Å². The molecule has 102 valence electrons. The molecule has 20 heavy (non-hydrogen) atoms. The lowest BCUT2D eigenvalue weighted by molar-refractivity contribution is 0.228. The fraction of sp³-hybridized carbons (Fsp3) is 0.471. The Morgan fingerprint density at radius 2 is 2.35 bits per heavy atom. The Hall–Kier alpha value is -1.79. The first-order chi connectivity index (χ1) is 9.78. The van der Waals surface area contributed by atoms with E-state index in [4.69, 9.17) is 5.26 Å². The highest BCUT2D eigenvalue weighted by atomic mass is 15.1. The van der Waals surface area contributed by atoms with Crippen LogP contribution in [0.4, 0.5) is 5.69 Å². The Bertz CT molecular complexity index is 626. The molecule has 1 aromatic carbocycles. The van der Waals surface area contributed by atoms with Crippen LogP contribution in [0.3, 0.4) is 0 Å². The Morgan fingerprint density at radius 3 is 3.20 bits per heavy atom. The van der Waals surface area contributed by atoms with E-state index < -0.39 is 0 Å². The van der Waals surface area contributed by atoms with Crippen molar-refractivity contribution in [3.63, 3.8) is 0 Å². The summed E-state index contributed by atoms with van der Waals surface area (Å²) in [4.78, 5) is 2.45. The van der Waals surface area contributed by atoms with Gasteiger partial charge < -0.3 is 5.32 Å². The van der Waals surface area contributed by atoms with Crippen molar-refractivity contribution < 1.29 is 0 Å². The van der Waals surface area contributed by atoms with Gasteiger partial charge in [0.2, 0.25) is 0 Å². The van der Waals surface area contributed by atoms with Gasteiger partial charge in [-0.1, -0.05) is 18.2 Å². The second-order valence-electron chi connectivity index (χ2n) is 6.28. The molecule has 1 aliphatic carbocycles. The molecule has 0 bridgehead atoms. The van der Waals surface area contributed by atoms with Crippen molar-refractivity contribution in [2.45, 2.75) is 24.8 Å². The molecular formula is C17H19N3. The Balaban J connectivity index is 1.84. The summed E-state index contributed by atoms with van der Waals surface area (Å²) in [7, 11) is 2.21. The number of benzene rings is 1. The zero-order valence-electron chi connectivity index (χ0n) is 11.8. The highest BCUT2D eigenvalue weighted by molar-refractivity contribution is 5.81. The van der Waals surface area contributed by atoms with E-state index in [1.807, 2.05) is 0 Å². The summed E-state index contributed by atoms with van der Waals surface area (Å²) < 4.78 is 0. The second kappa shape index (κ2) is 4.36. The SMILES string of the molecule is CN1C[C@H](CC#N)C=C2c3cccc4c3[C@@H](CN4)C[C@H]21. The van der Waals surface area contributed by atoms with Crippen molar-refractivity contribution in [3.05, 3.63) is 35.4 Å². The second-order valence-corrected chi connectivity index (χ2v) is 6.28. The van der Waals surface area contributed by atoms with E-state index in [2.05, 4.69) is 47.6 Å². The highest BCUT2D eigenvalue weighted by Crippen LogP contribution is 2.48. The van der Waals surface area contributed by atoms with Gasteiger partial charge >= 0.3 is 0 Å². The van der Waals surface area contributed by atoms with Crippen LogP contribution in [0.2, 0.25) is 0 Å². The Kier molecular flexibility index (Phi) is 2.61. The third kappa shape index (κ3) is 1.61. The molecule has 3 aliphatic rings. The van der Waals surface area contributed by atoms with Gasteiger partial charge in [0.15, 0.2) is 0 Å². The molecule has 3 nitrogen and oxygen atoms in total. The smallest absolute Gasteiger partial charge is 0.0628 e. The molecule has 0 saturated heterocycles. The van der Waals surface area contributed by atoms with E-state index in [1.165, 1.54) is 28.8 Å². The fourth-order valence-corrected chi connectivity index (χ4v) is 4.19. The number of rotatable bonds is 1. The van der Waals surface area contributed by atoms with Gasteiger partial charge in [-0.2, -0.15) is 5.26 Å². The number of nitrogens with zero attached hydrogens (tertiary/aromatic N) is 2. The topological polar surface area (TPSA) is 39.1 Å². The molecule has 3 heteroatoms. The van der Waals surface area contributed by atoms with Gasteiger partial charge in [-0.25, -0.2) is 0 Å². The van der Waals surface area contributed by atoms with Gasteiger partial charge in [-0.15, -0.1) is 0 Å². The third-order valence-electron chi connectivity index (χ3n) is 5.05. The lowest BCUT2D eigenvalue weighted by Gasteiger charge is -2.42. The molecule has 2 aliphatic heterocycles. The standard InChI is InChI=1S/C17H19N3/c1-20-10-11(5-6-18)7-14-13-3-2-4-15-17(13)12(9-19-15)8-16(14)20/h2-4,7,11-12,16,19H,5,8-10H2,1H3/t11-,12-,16-/m1/s1. The first-order valence-electron chi connectivity index (χ1n) is 7.44. The number of hydrogen-bond donors (Lipinski definition) is 1. The summed E-state index contributed by atoms with van der Waals surface area (Å²) in [5, 5.41) is 12.5. The molecule has 0 radical (unpaired) electrons. The lowest BCUT2D eigenvalue weighted by atomic mass is 9.74. The average Bonchev–Trinajstić information content (AvgIpc) is 2.86. The minimum absolute atomic E-state index is 0.373. The molecule has 1 aromatic rings. The van der Waals surface area contributed by atoms with Crippen LogP contribution in [0.1, 0.15) is 29.9 Å². The molecule has 2 heterocycles. The maximum atomic E-state index is 8.98. The van der Waals surface area contributed by atoms with Gasteiger partial charge in [-0.05, 0) is 36.2 Å². The van der Waals surface area contributed by atoms with Gasteiger partial charge in [0.05, 0.1) is 6.07 Å². The molecule has 0 unspecified atom stereocenters. The molecule has 4 rings (SSSR count). The zero-order valence-corrected chi connectivity index (χ0v) is 11.8. The summed E-state index contributed by atoms with van der Waals surface area (Å²) in [6.07, 6.45) is 4.20. The lowest BCUT2D eigenvalue weighted by Crippen LogP contribution is -2.42. The van der Waals surface area contributed by atoms with Crippen molar-refractivity contribution in [2.75, 3.05) is 25.5 Å². The minimum atomic E-state index is 0.373. The van der Waals surface area contributed by atoms with Crippen LogP contribution < -0.4 is 5.32 Å². The first-order valence-corrected chi connectivity index (χ1v) is 7.44. The number of likely N-dealkylation sites (N-methyl/N-ethyl adjacent to an activating group) is 1. The summed E-state index contributed by atoms with van der Waals surface area (Å²) in [6.45, 7) is 2.09. The van der Waals surface area contributed by atoms with E-state index in [0.29, 0.717) is 24.3 Å². The van der Waals surface area contributed by atoms with Crippen LogP contribution >= 0.6 is 0 Å². The number of nitrogens with one attached hydrogen (secondary N) is 1. The molecule has 0 fully saturated rings. The number of fused-ring (bicyclic) bond motifs is 2. The van der Waals surface area contributed by atoms with Crippen LogP contribution in [0.15, 0.2) is 24.3 Å². The van der Waals surface area contributed by atoms with E-state index >= 15 is 0 Å². The molecule has 1 N–H and O–H groups in total. The van der Waals surface area contributed by atoms with Crippen molar-refractivity contribution in [1.82, 2.24) is 4.90 Å². The summed E-state index contributed by atoms with van der Waals surface area (Å²) >= 11 is 0. The van der Waals surface area contributed by atoms with Crippen LogP contribution in [0, 0.1) is 17.2 Å². The Morgan fingerprint density at radius 1 is 1.45 bits per heavy atom. The minimum Gasteiger partial charge on any atom is -0.384 e. The monoisotopic (exact) mass is 265 g/mol. The zero-order chi connectivity index (χ0) is 13.7. The van der Waals surface area contributed by atoms with Crippen molar-refractivity contribution >= 4 is 11.3 Å². The number of anilines is 1. The predicted octanol–water partition coefficient (Wildman–Crippen LogP) is 2.83. The van der Waals surface area contributed by atoms with E-state index in [0.717, 1.165) is 13.1 Å². The van der Waals surface area contributed by atoms with Gasteiger partial charge in [0.1, 0.15) is 0 Å². The average molecular weight is 265 g/mol. The van der Waals surface area contributed by atoms with Crippen molar-refractivity contribution in [2.24, 2.45) is 5.92 Å². The molecule has 0 spiro atoms. The van der Waals surface area contributed by atoms with Crippen molar-refractivity contribution in [1.29, 1.82) is 5.26 Å². The normalized spacial score (nSPS) is 30.8. The maximum Gasteiger partial charge on any atom is 0.0628 e. The van der Waals surface area contributed by atoms with Crippen LogP contribution in [-0.2, 0) is 0 Å². The van der Waals surface area contributed by atoms with Gasteiger partial charge in [0.25, 0.3) is 0 Å². The van der Waals surface area contributed by atoms with Gasteiger partial charge in [-0.3, -0.25) is 4.90 Å². The van der Waals surface area contributed by atoms with E-state index in [9.17, 15) is 0 Å². The number of hydrogen-bond acceptors (Lipinski definition) is 3. The molecule has 3 atom stereocenters. The van der Waals surface area contributed by atoms with Crippen LogP contribution in [0.25, 0.3) is 5.57 Å². The Labute approximate surface area is 119 Å². The predicted molar refractivity (Wildman–Crippen MR) is 80.4 cm³/mol. The largest absolute Gasteiger partial charge is 0.384 e. The molecule has 0 saturated carbocycles. The maximum absolute atomic E-state index is 8.98. The summed E-state index contributed by atoms with van der Waals surface area (Å²) in [6, 6.07) is 9.46. The summed E-state index contributed by atoms with van der Waals surface area (Å²) in [5.41, 5.74) is 5.71.